The molecule has 0 radical (unpaired) electrons. The van der Waals surface area contributed by atoms with Crippen molar-refractivity contribution in [3.05, 3.63) is 89.2 Å². The van der Waals surface area contributed by atoms with Crippen LogP contribution in [-0.2, 0) is 0 Å². The molecule has 2 aromatic heterocycles. The van der Waals surface area contributed by atoms with Crippen molar-refractivity contribution in [2.24, 2.45) is 10.7 Å². The molecule has 142 valence electrons. The number of nitrogens with zero attached hydrogens (tertiary/aromatic N) is 3. The first-order chi connectivity index (χ1) is 14.0. The van der Waals surface area contributed by atoms with E-state index in [0.717, 1.165) is 39.2 Å². The van der Waals surface area contributed by atoms with Crippen LogP contribution in [0.2, 0.25) is 0 Å². The number of rotatable bonds is 3. The van der Waals surface area contributed by atoms with Crippen molar-refractivity contribution in [2.45, 2.75) is 19.8 Å². The van der Waals surface area contributed by atoms with Crippen molar-refractivity contribution >= 4 is 22.8 Å². The van der Waals surface area contributed by atoms with Crippen LogP contribution in [0.25, 0.3) is 16.6 Å². The number of carbonyl (C=O) groups excluding carboxylic acids is 1. The molecule has 3 heterocycles. The maximum absolute atomic E-state index is 12.2. The summed E-state index contributed by atoms with van der Waals surface area (Å²) in [5.41, 5.74) is 13.5. The third kappa shape index (κ3) is 2.66. The Morgan fingerprint density at radius 2 is 1.76 bits per heavy atom. The van der Waals surface area contributed by atoms with E-state index in [1.54, 1.807) is 4.52 Å². The maximum Gasteiger partial charge on any atom is 0.251 e. The number of primary amides is 1. The summed E-state index contributed by atoms with van der Waals surface area (Å²) >= 11 is 0. The van der Waals surface area contributed by atoms with Crippen molar-refractivity contribution in [3.63, 3.8) is 0 Å². The molecular formula is C24H20N4O. The van der Waals surface area contributed by atoms with Crippen molar-refractivity contribution in [1.29, 1.82) is 0 Å². The van der Waals surface area contributed by atoms with E-state index in [-0.39, 0.29) is 0 Å². The molecule has 0 bridgehead atoms. The normalized spacial score (nSPS) is 12.6. The Balaban J connectivity index is 1.85. The molecule has 5 heteroatoms. The minimum Gasteiger partial charge on any atom is -0.366 e. The van der Waals surface area contributed by atoms with Gasteiger partial charge in [-0.15, -0.1) is 0 Å². The van der Waals surface area contributed by atoms with Crippen LogP contribution in [0, 0.1) is 0 Å². The molecule has 5 rings (SSSR count). The van der Waals surface area contributed by atoms with Crippen LogP contribution in [-0.4, -0.2) is 21.2 Å². The molecule has 2 N–H and O–H groups in total. The first-order valence-corrected chi connectivity index (χ1v) is 9.63. The Morgan fingerprint density at radius 1 is 1.00 bits per heavy atom. The lowest BCUT2D eigenvalue weighted by molar-refractivity contribution is 0.100. The highest BCUT2D eigenvalue weighted by Crippen LogP contribution is 2.40. The van der Waals surface area contributed by atoms with Crippen molar-refractivity contribution < 1.29 is 4.79 Å². The Kier molecular flexibility index (Phi) is 3.84. The van der Waals surface area contributed by atoms with Crippen LogP contribution in [0.5, 0.6) is 0 Å². The molecule has 0 saturated carbocycles. The van der Waals surface area contributed by atoms with E-state index in [0.29, 0.717) is 11.5 Å². The van der Waals surface area contributed by atoms with Crippen LogP contribution in [0.15, 0.2) is 72.0 Å². The lowest BCUT2D eigenvalue weighted by atomic mass is 9.95. The fraction of sp³-hybridized carbons (Fsp3) is 0.125. The monoisotopic (exact) mass is 380 g/mol. The Hall–Kier alpha value is -3.73. The van der Waals surface area contributed by atoms with E-state index in [2.05, 4.69) is 43.2 Å². The molecule has 0 atom stereocenters. The van der Waals surface area contributed by atoms with Gasteiger partial charge in [0.25, 0.3) is 5.91 Å². The first-order valence-electron chi connectivity index (χ1n) is 9.63. The van der Waals surface area contributed by atoms with Crippen LogP contribution in [0.3, 0.4) is 0 Å². The second-order valence-electron chi connectivity index (χ2n) is 7.57. The zero-order valence-corrected chi connectivity index (χ0v) is 16.3. The molecule has 0 aliphatic carbocycles. The van der Waals surface area contributed by atoms with Gasteiger partial charge in [0.2, 0.25) is 0 Å². The van der Waals surface area contributed by atoms with E-state index in [4.69, 9.17) is 10.7 Å². The predicted octanol–water partition coefficient (Wildman–Crippen LogP) is 4.71. The molecule has 29 heavy (non-hydrogen) atoms. The zero-order chi connectivity index (χ0) is 20.1. The Morgan fingerprint density at radius 3 is 2.48 bits per heavy atom. The molecule has 0 saturated heterocycles. The largest absolute Gasteiger partial charge is 0.366 e. The molecule has 1 aliphatic heterocycles. The number of benzene rings is 2. The van der Waals surface area contributed by atoms with Gasteiger partial charge in [-0.1, -0.05) is 56.3 Å². The first kappa shape index (κ1) is 17.4. The molecule has 0 unspecified atom stereocenters. The highest BCUT2D eigenvalue weighted by atomic mass is 16.1. The quantitative estimate of drug-likeness (QED) is 0.492. The van der Waals surface area contributed by atoms with E-state index in [9.17, 15) is 4.79 Å². The molecule has 1 amide bonds. The number of nitrogens with two attached hydrogens (primary N) is 1. The van der Waals surface area contributed by atoms with Crippen LogP contribution < -0.4 is 5.73 Å². The summed E-state index contributed by atoms with van der Waals surface area (Å²) in [5, 5.41) is 4.41. The minimum absolute atomic E-state index is 0.400. The van der Waals surface area contributed by atoms with E-state index < -0.39 is 5.91 Å². The lowest BCUT2D eigenvalue weighted by Crippen LogP contribution is -2.14. The molecule has 4 aromatic rings. The summed E-state index contributed by atoms with van der Waals surface area (Å²) in [6.07, 6.45) is 3.43. The van der Waals surface area contributed by atoms with E-state index in [1.165, 1.54) is 11.8 Å². The van der Waals surface area contributed by atoms with Gasteiger partial charge in [0.05, 0.1) is 28.7 Å². The molecule has 1 aliphatic rings. The average molecular weight is 380 g/mol. The number of amides is 1. The minimum atomic E-state index is -0.498. The molecule has 5 nitrogen and oxygen atoms in total. The molecule has 0 spiro atoms. The summed E-state index contributed by atoms with van der Waals surface area (Å²) in [6.45, 7) is 4.36. The molecule has 2 aromatic carbocycles. The third-order valence-electron chi connectivity index (χ3n) is 5.46. The van der Waals surface area contributed by atoms with Gasteiger partial charge >= 0.3 is 0 Å². The van der Waals surface area contributed by atoms with Gasteiger partial charge in [0.1, 0.15) is 0 Å². The number of fused-ring (bicyclic) bond motifs is 2. The number of para-hydroxylation sites is 1. The second kappa shape index (κ2) is 6.41. The zero-order valence-electron chi connectivity index (χ0n) is 16.3. The van der Waals surface area contributed by atoms with E-state index in [1.807, 2.05) is 36.5 Å². The number of hydrogen-bond acceptors (Lipinski definition) is 3. The van der Waals surface area contributed by atoms with Gasteiger partial charge in [0, 0.05) is 28.5 Å². The standard InChI is InChI=1S/C24H20N4O/c1-14(2)15-7-9-16(10-8-15)22-18-11-12-28-23(18)21(19(13-26-28)24(25)29)17-5-3-4-6-20(17)27-22/h3-14H,1-2H3,(H2,25,29). The van der Waals surface area contributed by atoms with Gasteiger partial charge in [-0.05, 0) is 23.6 Å². The summed E-state index contributed by atoms with van der Waals surface area (Å²) < 4.78 is 1.79. The Labute approximate surface area is 168 Å². The highest BCUT2D eigenvalue weighted by molar-refractivity contribution is 6.22. The summed E-state index contributed by atoms with van der Waals surface area (Å²) in [5.74, 6) is -0.0354. The number of aromatic nitrogens is 2. The summed E-state index contributed by atoms with van der Waals surface area (Å²) in [6, 6.07) is 18.3. The number of carbonyl (C=O) groups is 1. The number of aliphatic imine (C=N–C) groups is 1. The topological polar surface area (TPSA) is 72.8 Å². The Bertz CT molecular complexity index is 1300. The fourth-order valence-electron chi connectivity index (χ4n) is 3.94. The van der Waals surface area contributed by atoms with Gasteiger partial charge in [-0.25, -0.2) is 9.51 Å². The second-order valence-corrected chi connectivity index (χ2v) is 7.57. The lowest BCUT2D eigenvalue weighted by Gasteiger charge is -2.10. The number of hydrogen-bond donors (Lipinski definition) is 1. The predicted molar refractivity (Wildman–Crippen MR) is 115 cm³/mol. The summed E-state index contributed by atoms with van der Waals surface area (Å²) in [4.78, 5) is 17.2. The van der Waals surface area contributed by atoms with Crippen molar-refractivity contribution in [1.82, 2.24) is 9.61 Å². The van der Waals surface area contributed by atoms with Crippen molar-refractivity contribution in [3.8, 4) is 11.1 Å². The SMILES string of the molecule is CC(C)c1ccc(C2=Nc3ccccc3-c3c(C(N)=O)cnn4ccc2c34)cc1. The highest BCUT2D eigenvalue weighted by Gasteiger charge is 2.25. The van der Waals surface area contributed by atoms with Gasteiger partial charge in [0.15, 0.2) is 0 Å². The smallest absolute Gasteiger partial charge is 0.251 e. The average Bonchev–Trinajstić information content (AvgIpc) is 3.09. The third-order valence-corrected chi connectivity index (χ3v) is 5.46. The van der Waals surface area contributed by atoms with Crippen LogP contribution >= 0.6 is 0 Å². The van der Waals surface area contributed by atoms with Crippen LogP contribution in [0.4, 0.5) is 5.69 Å². The van der Waals surface area contributed by atoms with Crippen molar-refractivity contribution in [2.75, 3.05) is 0 Å². The molecular weight excluding hydrogens is 360 g/mol. The van der Waals surface area contributed by atoms with Gasteiger partial charge in [-0.3, -0.25) is 4.79 Å². The molecule has 0 fully saturated rings. The van der Waals surface area contributed by atoms with Gasteiger partial charge in [-0.2, -0.15) is 5.10 Å². The van der Waals surface area contributed by atoms with E-state index >= 15 is 0 Å². The van der Waals surface area contributed by atoms with Gasteiger partial charge < -0.3 is 5.73 Å². The fourth-order valence-corrected chi connectivity index (χ4v) is 3.94. The van der Waals surface area contributed by atoms with Crippen LogP contribution in [0.1, 0.15) is 46.8 Å². The summed E-state index contributed by atoms with van der Waals surface area (Å²) in [7, 11) is 0. The maximum atomic E-state index is 12.2.